The van der Waals surface area contributed by atoms with E-state index in [0.29, 0.717) is 6.54 Å². The molecule has 1 unspecified atom stereocenters. The van der Waals surface area contributed by atoms with Gasteiger partial charge in [-0.05, 0) is 44.0 Å². The van der Waals surface area contributed by atoms with Gasteiger partial charge in [-0.2, -0.15) is 0 Å². The average molecular weight is 330 g/mol. The van der Waals surface area contributed by atoms with E-state index in [2.05, 4.69) is 29.0 Å². The molecule has 2 fully saturated rings. The quantitative estimate of drug-likeness (QED) is 0.906. The van der Waals surface area contributed by atoms with E-state index >= 15 is 0 Å². The van der Waals surface area contributed by atoms with E-state index in [9.17, 15) is 4.79 Å². The molecule has 0 bridgehead atoms. The lowest BCUT2D eigenvalue weighted by atomic mass is 10.0. The number of carbonyl (C=O) groups is 1. The third-order valence-corrected chi connectivity index (χ3v) is 5.36. The van der Waals surface area contributed by atoms with Crippen LogP contribution in [0.2, 0.25) is 0 Å². The Morgan fingerprint density at radius 2 is 1.79 bits per heavy atom. The van der Waals surface area contributed by atoms with Crippen molar-refractivity contribution in [1.29, 1.82) is 0 Å². The van der Waals surface area contributed by atoms with Crippen LogP contribution < -0.4 is 5.73 Å². The number of amides is 1. The summed E-state index contributed by atoms with van der Waals surface area (Å²) in [5.41, 5.74) is 7.92. The molecule has 3 rings (SSSR count). The van der Waals surface area contributed by atoms with Gasteiger partial charge in [0.25, 0.3) is 5.91 Å². The number of benzene rings is 1. The topological polar surface area (TPSA) is 52.8 Å². The van der Waals surface area contributed by atoms with Gasteiger partial charge < -0.3 is 15.5 Å². The highest BCUT2D eigenvalue weighted by Gasteiger charge is 2.26. The molecule has 0 saturated carbocycles. The molecule has 1 amide bonds. The monoisotopic (exact) mass is 330 g/mol. The Labute approximate surface area is 145 Å². The molecule has 1 aromatic rings. The molecular formula is C19H30N4O. The Morgan fingerprint density at radius 3 is 2.46 bits per heavy atom. The second-order valence-corrected chi connectivity index (χ2v) is 7.16. The molecule has 5 heteroatoms. The van der Waals surface area contributed by atoms with Gasteiger partial charge in [0.15, 0.2) is 0 Å². The predicted octanol–water partition coefficient (Wildman–Crippen LogP) is 1.39. The number of piperidine rings is 1. The molecule has 5 nitrogen and oxygen atoms in total. The number of hydrogen-bond donors (Lipinski definition) is 1. The number of likely N-dealkylation sites (N-methyl/N-ethyl adjacent to an activating group) is 1. The van der Waals surface area contributed by atoms with Gasteiger partial charge >= 0.3 is 0 Å². The maximum atomic E-state index is 12.8. The minimum absolute atomic E-state index is 0.135. The fourth-order valence-corrected chi connectivity index (χ4v) is 3.70. The summed E-state index contributed by atoms with van der Waals surface area (Å²) >= 11 is 0. The van der Waals surface area contributed by atoms with Crippen molar-refractivity contribution in [3.05, 3.63) is 35.4 Å². The van der Waals surface area contributed by atoms with E-state index in [0.717, 1.165) is 57.7 Å². The summed E-state index contributed by atoms with van der Waals surface area (Å²) in [5.74, 6) is 0.135. The Kier molecular flexibility index (Phi) is 5.87. The number of nitrogens with two attached hydrogens (primary N) is 1. The molecule has 2 aliphatic heterocycles. The standard InChI is InChI=1S/C19H30N4O/c1-21-10-12-22(13-11-21)15-16-5-7-17(8-6-16)19(24)23-9-3-2-4-18(23)14-20/h5-8,18H,2-4,9-15,20H2,1H3. The number of carbonyl (C=O) groups excluding carboxylic acids is 1. The summed E-state index contributed by atoms with van der Waals surface area (Å²) in [6.45, 7) is 6.86. The van der Waals surface area contributed by atoms with Gasteiger partial charge in [-0.1, -0.05) is 12.1 Å². The van der Waals surface area contributed by atoms with Crippen LogP contribution in [0.25, 0.3) is 0 Å². The molecular weight excluding hydrogens is 300 g/mol. The summed E-state index contributed by atoms with van der Waals surface area (Å²) in [4.78, 5) is 19.6. The zero-order valence-electron chi connectivity index (χ0n) is 14.8. The molecule has 2 heterocycles. The van der Waals surface area contributed by atoms with Crippen LogP contribution in [0.1, 0.15) is 35.2 Å². The minimum atomic E-state index is 0.135. The van der Waals surface area contributed by atoms with Crippen molar-refractivity contribution in [2.45, 2.75) is 31.8 Å². The van der Waals surface area contributed by atoms with Crippen molar-refractivity contribution in [2.24, 2.45) is 5.73 Å². The fraction of sp³-hybridized carbons (Fsp3) is 0.632. The van der Waals surface area contributed by atoms with Crippen LogP contribution in [0.15, 0.2) is 24.3 Å². The zero-order chi connectivity index (χ0) is 16.9. The molecule has 2 aliphatic rings. The first-order chi connectivity index (χ1) is 11.7. The summed E-state index contributed by atoms with van der Waals surface area (Å²) in [6.07, 6.45) is 3.29. The molecule has 1 atom stereocenters. The second-order valence-electron chi connectivity index (χ2n) is 7.16. The summed E-state index contributed by atoms with van der Waals surface area (Å²) in [7, 11) is 2.17. The number of nitrogens with zero attached hydrogens (tertiary/aromatic N) is 3. The van der Waals surface area contributed by atoms with Crippen molar-refractivity contribution in [1.82, 2.24) is 14.7 Å². The van der Waals surface area contributed by atoms with Crippen molar-refractivity contribution in [2.75, 3.05) is 46.3 Å². The Balaban J connectivity index is 1.60. The van der Waals surface area contributed by atoms with Crippen LogP contribution >= 0.6 is 0 Å². The van der Waals surface area contributed by atoms with E-state index < -0.39 is 0 Å². The van der Waals surface area contributed by atoms with Crippen LogP contribution in [0.3, 0.4) is 0 Å². The van der Waals surface area contributed by atoms with Crippen LogP contribution in [-0.4, -0.2) is 73.0 Å². The van der Waals surface area contributed by atoms with Crippen molar-refractivity contribution in [3.8, 4) is 0 Å². The highest BCUT2D eigenvalue weighted by Crippen LogP contribution is 2.19. The second kappa shape index (κ2) is 8.10. The molecule has 0 spiro atoms. The van der Waals surface area contributed by atoms with Gasteiger partial charge in [-0.25, -0.2) is 0 Å². The third-order valence-electron chi connectivity index (χ3n) is 5.36. The number of rotatable bonds is 4. The summed E-state index contributed by atoms with van der Waals surface area (Å²) < 4.78 is 0. The lowest BCUT2D eigenvalue weighted by Crippen LogP contribution is -2.47. The summed E-state index contributed by atoms with van der Waals surface area (Å²) in [5, 5.41) is 0. The van der Waals surface area contributed by atoms with E-state index in [1.807, 2.05) is 17.0 Å². The molecule has 132 valence electrons. The highest BCUT2D eigenvalue weighted by atomic mass is 16.2. The van der Waals surface area contributed by atoms with Gasteiger partial charge in [0.2, 0.25) is 0 Å². The van der Waals surface area contributed by atoms with Crippen LogP contribution in [0.5, 0.6) is 0 Å². The van der Waals surface area contributed by atoms with E-state index in [1.54, 1.807) is 0 Å². The lowest BCUT2D eigenvalue weighted by Gasteiger charge is -2.35. The van der Waals surface area contributed by atoms with Gasteiger partial charge in [0.1, 0.15) is 0 Å². The Morgan fingerprint density at radius 1 is 1.08 bits per heavy atom. The first kappa shape index (κ1) is 17.4. The molecule has 24 heavy (non-hydrogen) atoms. The third kappa shape index (κ3) is 4.15. The Bertz CT molecular complexity index is 537. The molecule has 2 N–H and O–H groups in total. The van der Waals surface area contributed by atoms with Crippen LogP contribution in [0, 0.1) is 0 Å². The molecule has 0 radical (unpaired) electrons. The van der Waals surface area contributed by atoms with E-state index in [-0.39, 0.29) is 11.9 Å². The largest absolute Gasteiger partial charge is 0.334 e. The van der Waals surface area contributed by atoms with Crippen LogP contribution in [0.4, 0.5) is 0 Å². The zero-order valence-corrected chi connectivity index (χ0v) is 14.8. The maximum Gasteiger partial charge on any atom is 0.254 e. The predicted molar refractivity (Wildman–Crippen MR) is 96.9 cm³/mol. The van der Waals surface area contributed by atoms with E-state index in [1.165, 1.54) is 12.0 Å². The van der Waals surface area contributed by atoms with Crippen molar-refractivity contribution in [3.63, 3.8) is 0 Å². The number of likely N-dealkylation sites (tertiary alicyclic amines) is 1. The molecule has 2 saturated heterocycles. The van der Waals surface area contributed by atoms with Crippen molar-refractivity contribution < 1.29 is 4.79 Å². The number of hydrogen-bond acceptors (Lipinski definition) is 4. The maximum absolute atomic E-state index is 12.8. The normalized spacial score (nSPS) is 23.4. The Hall–Kier alpha value is -1.43. The summed E-state index contributed by atoms with van der Waals surface area (Å²) in [6, 6.07) is 8.38. The highest BCUT2D eigenvalue weighted by molar-refractivity contribution is 5.94. The average Bonchev–Trinajstić information content (AvgIpc) is 2.63. The molecule has 1 aromatic carbocycles. The number of piperazine rings is 1. The SMILES string of the molecule is CN1CCN(Cc2ccc(C(=O)N3CCCCC3CN)cc2)CC1. The van der Waals surface area contributed by atoms with Gasteiger partial charge in [-0.15, -0.1) is 0 Å². The molecule has 0 aromatic heterocycles. The van der Waals surface area contributed by atoms with Crippen molar-refractivity contribution >= 4 is 5.91 Å². The van der Waals surface area contributed by atoms with Gasteiger partial charge in [-0.3, -0.25) is 9.69 Å². The fourth-order valence-electron chi connectivity index (χ4n) is 3.70. The van der Waals surface area contributed by atoms with E-state index in [4.69, 9.17) is 5.73 Å². The lowest BCUT2D eigenvalue weighted by molar-refractivity contribution is 0.0623. The van der Waals surface area contributed by atoms with Gasteiger partial charge in [0.05, 0.1) is 0 Å². The molecule has 0 aliphatic carbocycles. The minimum Gasteiger partial charge on any atom is -0.334 e. The van der Waals surface area contributed by atoms with Crippen LogP contribution in [-0.2, 0) is 6.54 Å². The first-order valence-corrected chi connectivity index (χ1v) is 9.18. The van der Waals surface area contributed by atoms with Gasteiger partial charge in [0, 0.05) is 57.4 Å². The first-order valence-electron chi connectivity index (χ1n) is 9.18. The smallest absolute Gasteiger partial charge is 0.254 e.